The Bertz CT molecular complexity index is 758. The largest absolute Gasteiger partial charge is 0.492 e. The first-order valence-electron chi connectivity index (χ1n) is 6.54. The molecule has 1 aromatic carbocycles. The number of imidazole rings is 1. The number of nitrogen functional groups attached to an aromatic ring is 1. The molecule has 7 heteroatoms. The minimum atomic E-state index is 0.406. The van der Waals surface area contributed by atoms with E-state index in [1.807, 2.05) is 28.8 Å². The van der Waals surface area contributed by atoms with Gasteiger partial charge in [0, 0.05) is 6.54 Å². The van der Waals surface area contributed by atoms with Gasteiger partial charge in [0.2, 0.25) is 0 Å². The fraction of sp³-hybridized carbons (Fsp3) is 0.214. The number of nitrogens with two attached hydrogens (primary N) is 1. The molecule has 0 spiro atoms. The van der Waals surface area contributed by atoms with Gasteiger partial charge in [-0.2, -0.15) is 0 Å². The van der Waals surface area contributed by atoms with Crippen LogP contribution in [0.4, 0.5) is 5.82 Å². The van der Waals surface area contributed by atoms with E-state index in [-0.39, 0.29) is 0 Å². The number of hydrogen-bond donors (Lipinski definition) is 1. The molecular weight excluding hydrogens is 334 g/mol. The predicted molar refractivity (Wildman–Crippen MR) is 84.0 cm³/mol. The van der Waals surface area contributed by atoms with Crippen molar-refractivity contribution in [1.29, 1.82) is 0 Å². The molecule has 0 atom stereocenters. The molecule has 6 nitrogen and oxygen atoms in total. The average Bonchev–Trinajstić information content (AvgIpc) is 2.90. The van der Waals surface area contributed by atoms with E-state index in [0.717, 1.165) is 28.8 Å². The fourth-order valence-corrected chi connectivity index (χ4v) is 2.44. The highest BCUT2D eigenvalue weighted by Crippen LogP contribution is 2.23. The number of aromatic nitrogens is 4. The summed E-state index contributed by atoms with van der Waals surface area (Å²) in [6.07, 6.45) is 4.03. The van der Waals surface area contributed by atoms with Gasteiger partial charge < -0.3 is 15.0 Å². The molecule has 0 amide bonds. The molecule has 3 rings (SSSR count). The van der Waals surface area contributed by atoms with E-state index in [0.29, 0.717) is 17.9 Å². The Kier molecular flexibility index (Phi) is 4.01. The van der Waals surface area contributed by atoms with Gasteiger partial charge in [0.15, 0.2) is 11.5 Å². The summed E-state index contributed by atoms with van der Waals surface area (Å²) in [6, 6.07) is 7.80. The topological polar surface area (TPSA) is 78.9 Å². The second-order valence-corrected chi connectivity index (χ2v) is 5.36. The zero-order chi connectivity index (χ0) is 14.7. The Morgan fingerprint density at radius 2 is 2.05 bits per heavy atom. The number of anilines is 1. The quantitative estimate of drug-likeness (QED) is 0.717. The Morgan fingerprint density at radius 3 is 2.90 bits per heavy atom. The number of para-hydroxylation sites is 1. The van der Waals surface area contributed by atoms with E-state index in [2.05, 4.69) is 30.9 Å². The van der Waals surface area contributed by atoms with Crippen LogP contribution >= 0.6 is 15.9 Å². The van der Waals surface area contributed by atoms with E-state index in [1.54, 1.807) is 6.33 Å². The van der Waals surface area contributed by atoms with Crippen molar-refractivity contribution in [3.63, 3.8) is 0 Å². The zero-order valence-corrected chi connectivity index (χ0v) is 12.8. The third kappa shape index (κ3) is 2.97. The summed E-state index contributed by atoms with van der Waals surface area (Å²) < 4.78 is 8.64. The van der Waals surface area contributed by atoms with Crippen LogP contribution in [0.25, 0.3) is 11.2 Å². The van der Waals surface area contributed by atoms with Crippen LogP contribution in [0.5, 0.6) is 5.75 Å². The molecule has 3 aromatic rings. The van der Waals surface area contributed by atoms with Crippen molar-refractivity contribution in [2.45, 2.75) is 13.0 Å². The van der Waals surface area contributed by atoms with Crippen LogP contribution in [-0.4, -0.2) is 26.1 Å². The highest BCUT2D eigenvalue weighted by Gasteiger charge is 2.07. The van der Waals surface area contributed by atoms with Gasteiger partial charge in [0.25, 0.3) is 0 Å². The monoisotopic (exact) mass is 347 g/mol. The Labute approximate surface area is 130 Å². The molecular formula is C14H14BrN5O. The summed E-state index contributed by atoms with van der Waals surface area (Å²) >= 11 is 3.46. The molecule has 0 unspecified atom stereocenters. The van der Waals surface area contributed by atoms with E-state index in [9.17, 15) is 0 Å². The number of nitrogens with zero attached hydrogens (tertiary/aromatic N) is 4. The van der Waals surface area contributed by atoms with Crippen LogP contribution < -0.4 is 10.5 Å². The Morgan fingerprint density at radius 1 is 1.19 bits per heavy atom. The van der Waals surface area contributed by atoms with E-state index in [1.165, 1.54) is 6.33 Å². The van der Waals surface area contributed by atoms with Gasteiger partial charge in [0.1, 0.15) is 17.6 Å². The third-order valence-corrected chi connectivity index (χ3v) is 3.72. The molecule has 2 N–H and O–H groups in total. The molecule has 0 fully saturated rings. The number of fused-ring (bicyclic) bond motifs is 1. The summed E-state index contributed by atoms with van der Waals surface area (Å²) in [7, 11) is 0. The molecule has 21 heavy (non-hydrogen) atoms. The van der Waals surface area contributed by atoms with Gasteiger partial charge in [0.05, 0.1) is 17.4 Å². The second kappa shape index (κ2) is 6.09. The molecule has 0 aliphatic heterocycles. The lowest BCUT2D eigenvalue weighted by Crippen LogP contribution is -2.05. The lowest BCUT2D eigenvalue weighted by atomic mass is 10.3. The molecule has 2 aromatic heterocycles. The minimum absolute atomic E-state index is 0.406. The Hall–Kier alpha value is -2.15. The molecule has 2 heterocycles. The van der Waals surface area contributed by atoms with E-state index in [4.69, 9.17) is 10.5 Å². The summed E-state index contributed by atoms with van der Waals surface area (Å²) in [4.78, 5) is 12.4. The summed E-state index contributed by atoms with van der Waals surface area (Å²) in [5, 5.41) is 0. The van der Waals surface area contributed by atoms with Crippen molar-refractivity contribution in [1.82, 2.24) is 19.5 Å². The molecule has 0 bridgehead atoms. The normalized spacial score (nSPS) is 10.9. The molecule has 0 saturated heterocycles. The molecule has 0 aliphatic rings. The molecule has 108 valence electrons. The lowest BCUT2D eigenvalue weighted by Gasteiger charge is -2.08. The summed E-state index contributed by atoms with van der Waals surface area (Å²) in [6.45, 7) is 1.38. The van der Waals surface area contributed by atoms with Gasteiger partial charge in [-0.25, -0.2) is 15.0 Å². The van der Waals surface area contributed by atoms with Crippen LogP contribution in [0.2, 0.25) is 0 Å². The van der Waals surface area contributed by atoms with Gasteiger partial charge >= 0.3 is 0 Å². The summed E-state index contributed by atoms with van der Waals surface area (Å²) in [5.41, 5.74) is 7.16. The van der Waals surface area contributed by atoms with Gasteiger partial charge in [-0.1, -0.05) is 12.1 Å². The van der Waals surface area contributed by atoms with Crippen LogP contribution in [0.1, 0.15) is 6.42 Å². The number of hydrogen-bond acceptors (Lipinski definition) is 5. The molecule has 0 radical (unpaired) electrons. The number of aryl methyl sites for hydroxylation is 1. The van der Waals surface area contributed by atoms with Gasteiger partial charge in [-0.15, -0.1) is 0 Å². The van der Waals surface area contributed by atoms with Crippen molar-refractivity contribution in [3.05, 3.63) is 41.4 Å². The van der Waals surface area contributed by atoms with Crippen molar-refractivity contribution in [2.75, 3.05) is 12.3 Å². The zero-order valence-electron chi connectivity index (χ0n) is 11.2. The molecule has 0 saturated carbocycles. The SMILES string of the molecule is Nc1ncnc2c1ncn2CCCOc1ccccc1Br. The van der Waals surface area contributed by atoms with E-state index >= 15 is 0 Å². The number of rotatable bonds is 5. The Balaban J connectivity index is 1.60. The maximum Gasteiger partial charge on any atom is 0.165 e. The van der Waals surface area contributed by atoms with Crippen LogP contribution in [0, 0.1) is 0 Å². The van der Waals surface area contributed by atoms with Crippen LogP contribution in [-0.2, 0) is 6.54 Å². The minimum Gasteiger partial charge on any atom is -0.492 e. The maximum atomic E-state index is 5.76. The first-order chi connectivity index (χ1) is 10.3. The highest BCUT2D eigenvalue weighted by atomic mass is 79.9. The molecule has 0 aliphatic carbocycles. The standard InChI is InChI=1S/C14H14BrN5O/c15-10-4-1-2-5-11(10)21-7-3-6-20-9-19-12-13(16)17-8-18-14(12)20/h1-2,4-5,8-9H,3,6-7H2,(H2,16,17,18). The van der Waals surface area contributed by atoms with Gasteiger partial charge in [-0.3, -0.25) is 0 Å². The summed E-state index contributed by atoms with van der Waals surface area (Å²) in [5.74, 6) is 1.25. The average molecular weight is 348 g/mol. The highest BCUT2D eigenvalue weighted by molar-refractivity contribution is 9.10. The first kappa shape index (κ1) is 13.8. The van der Waals surface area contributed by atoms with Crippen LogP contribution in [0.15, 0.2) is 41.4 Å². The predicted octanol–water partition coefficient (Wildman–Crippen LogP) is 2.64. The van der Waals surface area contributed by atoms with Crippen molar-refractivity contribution in [3.8, 4) is 5.75 Å². The third-order valence-electron chi connectivity index (χ3n) is 3.07. The smallest absolute Gasteiger partial charge is 0.165 e. The van der Waals surface area contributed by atoms with Gasteiger partial charge in [-0.05, 0) is 34.5 Å². The number of benzene rings is 1. The second-order valence-electron chi connectivity index (χ2n) is 4.50. The van der Waals surface area contributed by atoms with E-state index < -0.39 is 0 Å². The maximum absolute atomic E-state index is 5.76. The van der Waals surface area contributed by atoms with Crippen molar-refractivity contribution >= 4 is 32.9 Å². The first-order valence-corrected chi connectivity index (χ1v) is 7.33. The van der Waals surface area contributed by atoms with Crippen molar-refractivity contribution < 1.29 is 4.74 Å². The number of ether oxygens (including phenoxy) is 1. The van der Waals surface area contributed by atoms with Crippen LogP contribution in [0.3, 0.4) is 0 Å². The fourth-order valence-electron chi connectivity index (χ4n) is 2.04. The van der Waals surface area contributed by atoms with Crippen molar-refractivity contribution in [2.24, 2.45) is 0 Å². The lowest BCUT2D eigenvalue weighted by molar-refractivity contribution is 0.300. The number of halogens is 1.